The van der Waals surface area contributed by atoms with Gasteiger partial charge in [-0.2, -0.15) is 0 Å². The van der Waals surface area contributed by atoms with E-state index >= 15 is 0 Å². The van der Waals surface area contributed by atoms with Gasteiger partial charge in [0.25, 0.3) is 0 Å². The predicted octanol–water partition coefficient (Wildman–Crippen LogP) is 14.8. The van der Waals surface area contributed by atoms with Gasteiger partial charge in [-0.05, 0) is 98.1 Å². The Kier molecular flexibility index (Phi) is 7.75. The third kappa shape index (κ3) is 5.26. The van der Waals surface area contributed by atoms with Crippen LogP contribution in [0.5, 0.6) is 0 Å². The minimum Gasteiger partial charge on any atom is -0.454 e. The van der Waals surface area contributed by atoms with Gasteiger partial charge in [-0.15, -0.1) is 0 Å². The Balaban J connectivity index is 1.09. The normalized spacial score (nSPS) is 12.7. The fraction of sp³-hybridized carbons (Fsp3) is 0.0182. The van der Waals surface area contributed by atoms with E-state index in [2.05, 4.69) is 229 Å². The van der Waals surface area contributed by atoms with Crippen molar-refractivity contribution in [1.29, 1.82) is 0 Å². The molecule has 0 aliphatic heterocycles. The number of fused-ring (bicyclic) bond motifs is 6. The van der Waals surface area contributed by atoms with Gasteiger partial charge in [0, 0.05) is 22.1 Å². The van der Waals surface area contributed by atoms with E-state index in [1.165, 1.54) is 50.1 Å². The van der Waals surface area contributed by atoms with Crippen molar-refractivity contribution in [3.63, 3.8) is 0 Å². The third-order valence-electron chi connectivity index (χ3n) is 11.7. The van der Waals surface area contributed by atoms with Crippen molar-refractivity contribution in [2.75, 3.05) is 4.90 Å². The van der Waals surface area contributed by atoms with Gasteiger partial charge >= 0.3 is 0 Å². The Labute approximate surface area is 332 Å². The first-order valence-corrected chi connectivity index (χ1v) is 19.6. The van der Waals surface area contributed by atoms with E-state index in [9.17, 15) is 0 Å². The SMILES string of the molecule is c1ccc(-c2cccc(-c3cccc(N(c4ccccc4)c4cccc5c4oc4cc(C6(c7ccccc7)c7ccccc7-c7ccccc76)ccc45)c3)c2)cc1. The minimum atomic E-state index is -0.501. The van der Waals surface area contributed by atoms with E-state index in [4.69, 9.17) is 4.42 Å². The summed E-state index contributed by atoms with van der Waals surface area (Å²) in [6.07, 6.45) is 0. The first-order valence-electron chi connectivity index (χ1n) is 19.6. The van der Waals surface area contributed by atoms with E-state index in [0.717, 1.165) is 44.6 Å². The molecule has 9 aromatic carbocycles. The number of hydrogen-bond acceptors (Lipinski definition) is 2. The van der Waals surface area contributed by atoms with Crippen molar-refractivity contribution in [2.24, 2.45) is 0 Å². The zero-order chi connectivity index (χ0) is 37.8. The van der Waals surface area contributed by atoms with Crippen LogP contribution in [-0.4, -0.2) is 0 Å². The van der Waals surface area contributed by atoms with Crippen LogP contribution in [-0.2, 0) is 5.41 Å². The summed E-state index contributed by atoms with van der Waals surface area (Å²) >= 11 is 0. The molecule has 11 rings (SSSR count). The van der Waals surface area contributed by atoms with E-state index in [0.29, 0.717) is 0 Å². The Morgan fingerprint density at radius 1 is 0.351 bits per heavy atom. The molecule has 0 saturated carbocycles. The van der Waals surface area contributed by atoms with Crippen LogP contribution in [0.1, 0.15) is 22.3 Å². The molecule has 1 aromatic heterocycles. The standard InChI is InChI=1S/C55H37NO/c1-4-17-38(18-5-1)39-19-14-20-40(35-39)41-21-15-26-45(36-41)56(44-24-8-3-9-25-44)52-32-16-29-49-48-34-33-43(37-53(48)57-54(49)52)55(42-22-6-2-7-23-42)50-30-12-10-27-46(50)47-28-11-13-31-51(47)55/h1-37H. The van der Waals surface area contributed by atoms with Crippen molar-refractivity contribution < 1.29 is 4.42 Å². The molecule has 2 heteroatoms. The lowest BCUT2D eigenvalue weighted by Crippen LogP contribution is -2.28. The highest BCUT2D eigenvalue weighted by Crippen LogP contribution is 2.56. The first-order chi connectivity index (χ1) is 28.3. The maximum absolute atomic E-state index is 7.10. The predicted molar refractivity (Wildman–Crippen MR) is 237 cm³/mol. The van der Waals surface area contributed by atoms with Gasteiger partial charge in [0.1, 0.15) is 5.58 Å². The number of para-hydroxylation sites is 2. The Morgan fingerprint density at radius 2 is 0.895 bits per heavy atom. The minimum absolute atomic E-state index is 0.501. The molecule has 0 bridgehead atoms. The van der Waals surface area contributed by atoms with Crippen molar-refractivity contribution in [2.45, 2.75) is 5.41 Å². The van der Waals surface area contributed by atoms with Crippen LogP contribution in [0.4, 0.5) is 17.1 Å². The monoisotopic (exact) mass is 727 g/mol. The molecule has 0 unspecified atom stereocenters. The largest absolute Gasteiger partial charge is 0.454 e. The molecule has 0 radical (unpaired) electrons. The topological polar surface area (TPSA) is 16.4 Å². The third-order valence-corrected chi connectivity index (χ3v) is 11.7. The number of rotatable bonds is 7. The maximum atomic E-state index is 7.10. The van der Waals surface area contributed by atoms with Crippen LogP contribution in [0.25, 0.3) is 55.3 Å². The van der Waals surface area contributed by atoms with Crippen LogP contribution >= 0.6 is 0 Å². The van der Waals surface area contributed by atoms with E-state index in [-0.39, 0.29) is 0 Å². The van der Waals surface area contributed by atoms with Gasteiger partial charge in [0.2, 0.25) is 0 Å². The molecular formula is C55H37NO. The summed E-state index contributed by atoms with van der Waals surface area (Å²) in [5.74, 6) is 0. The summed E-state index contributed by atoms with van der Waals surface area (Å²) in [5, 5.41) is 2.18. The fourth-order valence-corrected chi connectivity index (χ4v) is 9.24. The average Bonchev–Trinajstić information content (AvgIpc) is 3.82. The van der Waals surface area contributed by atoms with Crippen molar-refractivity contribution in [3.05, 3.63) is 247 Å². The number of hydrogen-bond donors (Lipinski definition) is 0. The lowest BCUT2D eigenvalue weighted by Gasteiger charge is -2.33. The lowest BCUT2D eigenvalue weighted by atomic mass is 9.67. The molecule has 2 nitrogen and oxygen atoms in total. The van der Waals surface area contributed by atoms with Gasteiger partial charge < -0.3 is 9.32 Å². The Morgan fingerprint density at radius 3 is 1.61 bits per heavy atom. The van der Waals surface area contributed by atoms with Crippen molar-refractivity contribution in [1.82, 2.24) is 0 Å². The molecule has 0 saturated heterocycles. The van der Waals surface area contributed by atoms with Gasteiger partial charge in [-0.25, -0.2) is 0 Å². The zero-order valence-electron chi connectivity index (χ0n) is 31.2. The molecule has 1 aliphatic rings. The molecular weight excluding hydrogens is 691 g/mol. The smallest absolute Gasteiger partial charge is 0.159 e. The summed E-state index contributed by atoms with van der Waals surface area (Å²) < 4.78 is 7.10. The molecule has 0 atom stereocenters. The Hall–Kier alpha value is -7.42. The van der Waals surface area contributed by atoms with E-state index < -0.39 is 5.41 Å². The molecule has 0 fully saturated rings. The summed E-state index contributed by atoms with van der Waals surface area (Å²) in [4.78, 5) is 2.32. The van der Waals surface area contributed by atoms with Gasteiger partial charge in [-0.3, -0.25) is 0 Å². The van der Waals surface area contributed by atoms with E-state index in [1.807, 2.05) is 0 Å². The van der Waals surface area contributed by atoms with Crippen molar-refractivity contribution >= 4 is 39.0 Å². The second-order valence-corrected chi connectivity index (χ2v) is 14.8. The summed E-state index contributed by atoms with van der Waals surface area (Å²) in [7, 11) is 0. The molecule has 1 aliphatic carbocycles. The lowest BCUT2D eigenvalue weighted by molar-refractivity contribution is 0.666. The number of benzene rings is 9. The molecule has 1 heterocycles. The number of furan rings is 1. The quantitative estimate of drug-likeness (QED) is 0.163. The second-order valence-electron chi connectivity index (χ2n) is 14.8. The highest BCUT2D eigenvalue weighted by molar-refractivity contribution is 6.10. The van der Waals surface area contributed by atoms with Crippen LogP contribution in [0.15, 0.2) is 229 Å². The highest BCUT2D eigenvalue weighted by atomic mass is 16.3. The Bertz CT molecular complexity index is 3030. The molecule has 57 heavy (non-hydrogen) atoms. The molecule has 0 amide bonds. The van der Waals surface area contributed by atoms with Crippen LogP contribution < -0.4 is 4.90 Å². The molecule has 268 valence electrons. The highest BCUT2D eigenvalue weighted by Gasteiger charge is 2.46. The average molecular weight is 728 g/mol. The molecule has 0 N–H and O–H groups in total. The molecule has 10 aromatic rings. The number of anilines is 3. The molecule has 0 spiro atoms. The van der Waals surface area contributed by atoms with Crippen LogP contribution in [0, 0.1) is 0 Å². The number of nitrogens with zero attached hydrogens (tertiary/aromatic N) is 1. The summed E-state index contributed by atoms with van der Waals surface area (Å²) in [6, 6.07) is 80.9. The maximum Gasteiger partial charge on any atom is 0.159 e. The zero-order valence-corrected chi connectivity index (χ0v) is 31.2. The van der Waals surface area contributed by atoms with Crippen LogP contribution in [0.3, 0.4) is 0 Å². The first kappa shape index (κ1) is 33.0. The van der Waals surface area contributed by atoms with E-state index in [1.54, 1.807) is 0 Å². The van der Waals surface area contributed by atoms with Gasteiger partial charge in [-0.1, -0.05) is 182 Å². The summed E-state index contributed by atoms with van der Waals surface area (Å²) in [5.41, 5.74) is 16.6. The van der Waals surface area contributed by atoms with Gasteiger partial charge in [0.05, 0.1) is 11.1 Å². The van der Waals surface area contributed by atoms with Crippen molar-refractivity contribution in [3.8, 4) is 33.4 Å². The second kappa shape index (κ2) is 13.4. The summed E-state index contributed by atoms with van der Waals surface area (Å²) in [6.45, 7) is 0. The van der Waals surface area contributed by atoms with Gasteiger partial charge in [0.15, 0.2) is 5.58 Å². The van der Waals surface area contributed by atoms with Crippen LogP contribution in [0.2, 0.25) is 0 Å². The fourth-order valence-electron chi connectivity index (χ4n) is 9.24.